The van der Waals surface area contributed by atoms with Crippen LogP contribution in [0.5, 0.6) is 0 Å². The highest BCUT2D eigenvalue weighted by atomic mass is 32.1. The summed E-state index contributed by atoms with van der Waals surface area (Å²) < 4.78 is 17.5. The van der Waals surface area contributed by atoms with Crippen molar-refractivity contribution in [2.45, 2.75) is 19.8 Å². The zero-order valence-corrected chi connectivity index (χ0v) is 16.0. The fourth-order valence-corrected chi connectivity index (χ4v) is 3.45. The van der Waals surface area contributed by atoms with Crippen LogP contribution in [0.25, 0.3) is 11.5 Å². The fraction of sp³-hybridized carbons (Fsp3) is 0.158. The molecule has 4 rings (SSSR count). The van der Waals surface area contributed by atoms with Gasteiger partial charge in [0.2, 0.25) is 5.13 Å². The maximum atomic E-state index is 14.3. The molecule has 0 spiro atoms. The molecule has 28 heavy (non-hydrogen) atoms. The Hall–Kier alpha value is -3.33. The van der Waals surface area contributed by atoms with Crippen molar-refractivity contribution in [3.8, 4) is 11.5 Å². The zero-order chi connectivity index (χ0) is 19.7. The van der Waals surface area contributed by atoms with E-state index in [4.69, 9.17) is 0 Å². The molecule has 0 unspecified atom stereocenters. The fourth-order valence-electron chi connectivity index (χ4n) is 2.71. The van der Waals surface area contributed by atoms with Crippen molar-refractivity contribution < 1.29 is 9.18 Å². The molecule has 7 nitrogen and oxygen atoms in total. The molecule has 1 N–H and O–H groups in total. The molecular formula is C19H17FN6OS. The number of halogens is 1. The predicted molar refractivity (Wildman–Crippen MR) is 105 cm³/mol. The van der Waals surface area contributed by atoms with Crippen molar-refractivity contribution in [1.82, 2.24) is 24.5 Å². The standard InChI is InChI=1S/C19H17FN6OS/c1-12(2)17-23-24-19(28-17)22-16(27)13-11-21-26(15-8-4-3-7-14(15)20)18(13)25-9-5-6-10-25/h3-12H,1-2H3,(H,22,24,27). The van der Waals surface area contributed by atoms with Gasteiger partial charge in [-0.3, -0.25) is 10.1 Å². The van der Waals surface area contributed by atoms with Gasteiger partial charge >= 0.3 is 0 Å². The average Bonchev–Trinajstić information content (AvgIpc) is 3.42. The average molecular weight is 396 g/mol. The van der Waals surface area contributed by atoms with E-state index in [1.165, 1.54) is 28.3 Å². The predicted octanol–water partition coefficient (Wildman–Crippen LogP) is 4.03. The van der Waals surface area contributed by atoms with Crippen LogP contribution in [0.1, 0.15) is 35.1 Å². The van der Waals surface area contributed by atoms with Crippen molar-refractivity contribution in [2.75, 3.05) is 5.32 Å². The maximum Gasteiger partial charge on any atom is 0.262 e. The van der Waals surface area contributed by atoms with E-state index < -0.39 is 11.7 Å². The molecule has 142 valence electrons. The Morgan fingerprint density at radius 1 is 1.14 bits per heavy atom. The van der Waals surface area contributed by atoms with Gasteiger partial charge in [-0.2, -0.15) is 5.10 Å². The lowest BCUT2D eigenvalue weighted by atomic mass is 10.2. The van der Waals surface area contributed by atoms with Gasteiger partial charge in [0.25, 0.3) is 5.91 Å². The van der Waals surface area contributed by atoms with E-state index in [-0.39, 0.29) is 11.6 Å². The Kier molecular flexibility index (Phi) is 4.74. The van der Waals surface area contributed by atoms with Crippen LogP contribution in [-0.4, -0.2) is 30.5 Å². The smallest absolute Gasteiger partial charge is 0.262 e. The Labute approximate surface area is 164 Å². The van der Waals surface area contributed by atoms with Crippen LogP contribution in [0.4, 0.5) is 9.52 Å². The van der Waals surface area contributed by atoms with Crippen LogP contribution in [0, 0.1) is 5.82 Å². The number of hydrogen-bond donors (Lipinski definition) is 1. The molecule has 1 amide bonds. The monoisotopic (exact) mass is 396 g/mol. The van der Waals surface area contributed by atoms with E-state index in [9.17, 15) is 9.18 Å². The highest BCUT2D eigenvalue weighted by molar-refractivity contribution is 7.15. The lowest BCUT2D eigenvalue weighted by Crippen LogP contribution is -2.15. The van der Waals surface area contributed by atoms with E-state index in [1.807, 2.05) is 26.0 Å². The molecule has 3 aromatic heterocycles. The number of nitrogens with zero attached hydrogens (tertiary/aromatic N) is 5. The SMILES string of the molecule is CC(C)c1nnc(NC(=O)c2cnn(-c3ccccc3F)c2-n2cccc2)s1. The molecule has 0 fully saturated rings. The van der Waals surface area contributed by atoms with Crippen LogP contribution in [0.15, 0.2) is 55.0 Å². The van der Waals surface area contributed by atoms with Gasteiger partial charge in [0.15, 0.2) is 5.82 Å². The Balaban J connectivity index is 1.75. The number of para-hydroxylation sites is 1. The van der Waals surface area contributed by atoms with E-state index in [1.54, 1.807) is 35.2 Å². The van der Waals surface area contributed by atoms with Crippen LogP contribution in [-0.2, 0) is 0 Å². The van der Waals surface area contributed by atoms with E-state index in [2.05, 4.69) is 20.6 Å². The van der Waals surface area contributed by atoms with Gasteiger partial charge < -0.3 is 4.57 Å². The Bertz CT molecular complexity index is 1120. The second-order valence-electron chi connectivity index (χ2n) is 6.39. The molecular weight excluding hydrogens is 379 g/mol. The number of benzene rings is 1. The maximum absolute atomic E-state index is 14.3. The van der Waals surface area contributed by atoms with Crippen molar-refractivity contribution >= 4 is 22.4 Å². The van der Waals surface area contributed by atoms with Gasteiger partial charge in [0, 0.05) is 18.3 Å². The van der Waals surface area contributed by atoms with Gasteiger partial charge in [-0.25, -0.2) is 9.07 Å². The zero-order valence-electron chi connectivity index (χ0n) is 15.2. The van der Waals surface area contributed by atoms with Crippen molar-refractivity contribution in [3.05, 3.63) is 71.4 Å². The van der Waals surface area contributed by atoms with E-state index in [0.717, 1.165) is 5.01 Å². The molecule has 9 heteroatoms. The topological polar surface area (TPSA) is 77.6 Å². The molecule has 0 bridgehead atoms. The normalized spacial score (nSPS) is 11.1. The van der Waals surface area contributed by atoms with Crippen molar-refractivity contribution in [2.24, 2.45) is 0 Å². The molecule has 0 atom stereocenters. The van der Waals surface area contributed by atoms with Gasteiger partial charge in [-0.15, -0.1) is 10.2 Å². The number of carbonyl (C=O) groups is 1. The summed E-state index contributed by atoms with van der Waals surface area (Å²) in [6.07, 6.45) is 4.96. The van der Waals surface area contributed by atoms with Gasteiger partial charge in [-0.05, 0) is 24.3 Å². The number of nitrogens with one attached hydrogen (secondary N) is 1. The highest BCUT2D eigenvalue weighted by Gasteiger charge is 2.22. The number of anilines is 1. The number of carbonyl (C=O) groups excluding carboxylic acids is 1. The third kappa shape index (κ3) is 3.31. The quantitative estimate of drug-likeness (QED) is 0.552. The molecule has 1 aromatic carbocycles. The summed E-state index contributed by atoms with van der Waals surface area (Å²) in [5.74, 6) is -0.169. The lowest BCUT2D eigenvalue weighted by molar-refractivity contribution is 0.102. The summed E-state index contributed by atoms with van der Waals surface area (Å²) in [6.45, 7) is 4.02. The number of aromatic nitrogens is 5. The van der Waals surface area contributed by atoms with Crippen LogP contribution >= 0.6 is 11.3 Å². The Morgan fingerprint density at radius 2 is 1.89 bits per heavy atom. The third-order valence-corrected chi connectivity index (χ3v) is 5.21. The van der Waals surface area contributed by atoms with Crippen LogP contribution in [0.3, 0.4) is 0 Å². The molecule has 0 radical (unpaired) electrons. The first-order valence-corrected chi connectivity index (χ1v) is 9.47. The van der Waals surface area contributed by atoms with Gasteiger partial charge in [0.05, 0.1) is 6.20 Å². The van der Waals surface area contributed by atoms with E-state index in [0.29, 0.717) is 16.5 Å². The summed E-state index contributed by atoms with van der Waals surface area (Å²) in [6, 6.07) is 9.92. The first kappa shape index (κ1) is 18.1. The minimum atomic E-state index is -0.434. The van der Waals surface area contributed by atoms with Gasteiger partial charge in [-0.1, -0.05) is 37.3 Å². The second kappa shape index (κ2) is 7.35. The second-order valence-corrected chi connectivity index (χ2v) is 7.40. The largest absolute Gasteiger partial charge is 0.308 e. The highest BCUT2D eigenvalue weighted by Crippen LogP contribution is 2.25. The summed E-state index contributed by atoms with van der Waals surface area (Å²) >= 11 is 1.32. The van der Waals surface area contributed by atoms with E-state index >= 15 is 0 Å². The first-order chi connectivity index (χ1) is 13.5. The summed E-state index contributed by atoms with van der Waals surface area (Å²) in [7, 11) is 0. The molecule has 0 aliphatic heterocycles. The van der Waals surface area contributed by atoms with Crippen LogP contribution in [0.2, 0.25) is 0 Å². The summed E-state index contributed by atoms with van der Waals surface area (Å²) in [5.41, 5.74) is 0.545. The number of rotatable bonds is 5. The Morgan fingerprint density at radius 3 is 2.57 bits per heavy atom. The summed E-state index contributed by atoms with van der Waals surface area (Å²) in [5, 5.41) is 16.4. The first-order valence-electron chi connectivity index (χ1n) is 8.65. The molecule has 0 aliphatic carbocycles. The lowest BCUT2D eigenvalue weighted by Gasteiger charge is -2.11. The van der Waals surface area contributed by atoms with Crippen molar-refractivity contribution in [1.29, 1.82) is 0 Å². The van der Waals surface area contributed by atoms with Crippen molar-refractivity contribution in [3.63, 3.8) is 0 Å². The molecule has 4 aromatic rings. The van der Waals surface area contributed by atoms with Gasteiger partial charge in [0.1, 0.15) is 22.1 Å². The molecule has 0 saturated heterocycles. The summed E-state index contributed by atoms with van der Waals surface area (Å²) in [4.78, 5) is 12.9. The molecule has 0 saturated carbocycles. The minimum Gasteiger partial charge on any atom is -0.308 e. The molecule has 0 aliphatic rings. The number of hydrogen-bond acceptors (Lipinski definition) is 5. The molecule has 3 heterocycles. The number of amides is 1. The minimum absolute atomic E-state index is 0.224. The third-order valence-electron chi connectivity index (χ3n) is 4.07. The van der Waals surface area contributed by atoms with Crippen LogP contribution < -0.4 is 5.32 Å².